The lowest BCUT2D eigenvalue weighted by Gasteiger charge is -2.10. The third-order valence-electron chi connectivity index (χ3n) is 2.69. The molecule has 1 N–H and O–H groups in total. The molecule has 1 aliphatic heterocycles. The molecule has 1 atom stereocenters. The van der Waals surface area contributed by atoms with Crippen LogP contribution >= 0.6 is 11.6 Å². The molecule has 5 nitrogen and oxygen atoms in total. The van der Waals surface area contributed by atoms with Crippen molar-refractivity contribution in [3.05, 3.63) is 28.8 Å². The number of amides is 1. The van der Waals surface area contributed by atoms with E-state index in [9.17, 15) is 9.59 Å². The van der Waals surface area contributed by atoms with Crippen molar-refractivity contribution in [3.63, 3.8) is 0 Å². The van der Waals surface area contributed by atoms with Gasteiger partial charge in [-0.2, -0.15) is 0 Å². The Bertz CT molecular complexity index is 579. The molecule has 1 heterocycles. The minimum absolute atomic E-state index is 0.0975. The molecule has 0 aliphatic carbocycles. The first-order valence-electron chi connectivity index (χ1n) is 5.92. The van der Waals surface area contributed by atoms with Crippen LogP contribution in [0.3, 0.4) is 0 Å². The molecular weight excluding hydrogens is 282 g/mol. The lowest BCUT2D eigenvalue weighted by Crippen LogP contribution is -2.33. The van der Waals surface area contributed by atoms with Crippen LogP contribution < -0.4 is 10.1 Å². The van der Waals surface area contributed by atoms with Gasteiger partial charge in [0.05, 0.1) is 6.54 Å². The van der Waals surface area contributed by atoms with Crippen molar-refractivity contribution in [2.24, 2.45) is 0 Å². The highest BCUT2D eigenvalue weighted by molar-refractivity contribution is 6.30. The number of carbonyl (C=O) groups excluding carboxylic acids is 2. The van der Waals surface area contributed by atoms with E-state index in [1.165, 1.54) is 0 Å². The van der Waals surface area contributed by atoms with E-state index in [-0.39, 0.29) is 13.2 Å². The second kappa shape index (κ2) is 6.31. The minimum Gasteiger partial charge on any atom is -0.478 e. The van der Waals surface area contributed by atoms with Crippen LogP contribution in [0, 0.1) is 12.3 Å². The summed E-state index contributed by atoms with van der Waals surface area (Å²) < 4.78 is 10.3. The molecule has 0 unspecified atom stereocenters. The van der Waals surface area contributed by atoms with Gasteiger partial charge in [-0.25, -0.2) is 4.79 Å². The second-order valence-electron chi connectivity index (χ2n) is 4.15. The zero-order valence-electron chi connectivity index (χ0n) is 10.5. The number of carbonyl (C=O) groups is 2. The summed E-state index contributed by atoms with van der Waals surface area (Å²) in [6.45, 7) is -0.280. The Labute approximate surface area is 121 Å². The maximum absolute atomic E-state index is 11.8. The third kappa shape index (κ3) is 3.43. The number of ether oxygens (including phenoxy) is 2. The summed E-state index contributed by atoms with van der Waals surface area (Å²) in [5.74, 6) is 1.81. The van der Waals surface area contributed by atoms with Crippen LogP contribution in [0.5, 0.6) is 5.75 Å². The predicted octanol–water partition coefficient (Wildman–Crippen LogP) is 0.936. The van der Waals surface area contributed by atoms with Gasteiger partial charge in [0.15, 0.2) is 12.7 Å². The maximum Gasteiger partial charge on any atom is 0.348 e. The van der Waals surface area contributed by atoms with E-state index in [1.807, 2.05) is 0 Å². The molecule has 0 radical (unpaired) electrons. The van der Waals surface area contributed by atoms with Gasteiger partial charge in [-0.1, -0.05) is 17.5 Å². The van der Waals surface area contributed by atoms with Crippen LogP contribution in [0.4, 0.5) is 0 Å². The van der Waals surface area contributed by atoms with Gasteiger partial charge in [0.25, 0.3) is 5.91 Å². The van der Waals surface area contributed by atoms with E-state index in [0.717, 1.165) is 5.56 Å². The quantitative estimate of drug-likeness (QED) is 0.663. The molecule has 2 rings (SSSR count). The lowest BCUT2D eigenvalue weighted by molar-refractivity contribution is -0.154. The van der Waals surface area contributed by atoms with E-state index >= 15 is 0 Å². The number of hydrogen-bond acceptors (Lipinski definition) is 4. The van der Waals surface area contributed by atoms with Crippen molar-refractivity contribution in [2.45, 2.75) is 12.5 Å². The number of nitrogens with one attached hydrogen (secondary N) is 1. The molecule has 6 heteroatoms. The van der Waals surface area contributed by atoms with Gasteiger partial charge < -0.3 is 14.8 Å². The van der Waals surface area contributed by atoms with E-state index in [1.54, 1.807) is 18.2 Å². The number of terminal acetylenes is 1. The van der Waals surface area contributed by atoms with Crippen LogP contribution in [0.2, 0.25) is 5.02 Å². The molecule has 1 aromatic rings. The number of fused-ring (bicyclic) bond motifs is 1. The minimum atomic E-state index is -0.746. The van der Waals surface area contributed by atoms with Gasteiger partial charge >= 0.3 is 5.97 Å². The Balaban J connectivity index is 1.84. The Kier molecular flexibility index (Phi) is 4.49. The number of esters is 1. The maximum atomic E-state index is 11.8. The summed E-state index contributed by atoms with van der Waals surface area (Å²) in [5.41, 5.74) is 0.844. The molecule has 1 amide bonds. The fourth-order valence-electron chi connectivity index (χ4n) is 1.78. The van der Waals surface area contributed by atoms with Crippen molar-refractivity contribution in [3.8, 4) is 18.1 Å². The van der Waals surface area contributed by atoms with Crippen molar-refractivity contribution >= 4 is 23.5 Å². The average Bonchev–Trinajstić information content (AvgIpc) is 2.85. The van der Waals surface area contributed by atoms with Gasteiger partial charge in [-0.15, -0.1) is 6.42 Å². The average molecular weight is 294 g/mol. The van der Waals surface area contributed by atoms with Crippen LogP contribution in [0.1, 0.15) is 5.56 Å². The highest BCUT2D eigenvalue weighted by Gasteiger charge is 2.30. The topological polar surface area (TPSA) is 64.6 Å². The van der Waals surface area contributed by atoms with E-state index in [2.05, 4.69) is 11.2 Å². The number of hydrogen-bond donors (Lipinski definition) is 1. The first-order valence-corrected chi connectivity index (χ1v) is 6.30. The van der Waals surface area contributed by atoms with Crippen molar-refractivity contribution in [1.82, 2.24) is 5.32 Å². The predicted molar refractivity (Wildman–Crippen MR) is 72.4 cm³/mol. The number of rotatable bonds is 4. The van der Waals surface area contributed by atoms with Crippen LogP contribution in [-0.2, 0) is 20.7 Å². The van der Waals surface area contributed by atoms with Gasteiger partial charge in [-0.3, -0.25) is 4.79 Å². The highest BCUT2D eigenvalue weighted by Crippen LogP contribution is 2.31. The third-order valence-corrected chi connectivity index (χ3v) is 2.93. The van der Waals surface area contributed by atoms with Crippen molar-refractivity contribution in [1.29, 1.82) is 0 Å². The normalized spacial score (nSPS) is 15.7. The van der Waals surface area contributed by atoms with Gasteiger partial charge in [-0.05, 0) is 23.8 Å². The van der Waals surface area contributed by atoms with E-state index < -0.39 is 18.0 Å². The van der Waals surface area contributed by atoms with Gasteiger partial charge in [0.1, 0.15) is 5.75 Å². The van der Waals surface area contributed by atoms with Gasteiger partial charge in [0, 0.05) is 11.4 Å². The molecule has 0 saturated heterocycles. The number of halogens is 1. The Morgan fingerprint density at radius 2 is 2.35 bits per heavy atom. The zero-order chi connectivity index (χ0) is 14.5. The fraction of sp³-hybridized carbons (Fsp3) is 0.286. The summed E-state index contributed by atoms with van der Waals surface area (Å²) in [7, 11) is 0. The summed E-state index contributed by atoms with van der Waals surface area (Å²) in [6, 6.07) is 5.12. The van der Waals surface area contributed by atoms with Gasteiger partial charge in [0.2, 0.25) is 0 Å². The first kappa shape index (κ1) is 14.2. The SMILES string of the molecule is C#CCNC(=O)COC(=O)[C@H]1Cc2cc(Cl)ccc2O1. The van der Waals surface area contributed by atoms with Crippen LogP contribution in [-0.4, -0.2) is 31.1 Å². The monoisotopic (exact) mass is 293 g/mol. The molecule has 0 spiro atoms. The smallest absolute Gasteiger partial charge is 0.348 e. The second-order valence-corrected chi connectivity index (χ2v) is 4.59. The Morgan fingerprint density at radius 3 is 3.10 bits per heavy atom. The highest BCUT2D eigenvalue weighted by atomic mass is 35.5. The molecule has 20 heavy (non-hydrogen) atoms. The number of benzene rings is 1. The molecule has 0 aromatic heterocycles. The van der Waals surface area contributed by atoms with E-state index in [4.69, 9.17) is 27.5 Å². The molecule has 1 aromatic carbocycles. The summed E-state index contributed by atoms with van der Waals surface area (Å²) in [5, 5.41) is 2.97. The fourth-order valence-corrected chi connectivity index (χ4v) is 1.97. The standard InChI is InChI=1S/C14H12ClNO4/c1-2-5-16-13(17)8-19-14(18)12-7-9-6-10(15)3-4-11(9)20-12/h1,3-4,6,12H,5,7-8H2,(H,16,17)/t12-/m1/s1. The van der Waals surface area contributed by atoms with Crippen molar-refractivity contribution < 1.29 is 19.1 Å². The Morgan fingerprint density at radius 1 is 1.55 bits per heavy atom. The lowest BCUT2D eigenvalue weighted by atomic mass is 10.1. The molecule has 1 aliphatic rings. The largest absolute Gasteiger partial charge is 0.478 e. The summed E-state index contributed by atoms with van der Waals surface area (Å²) >= 11 is 5.86. The molecular formula is C14H12ClNO4. The zero-order valence-corrected chi connectivity index (χ0v) is 11.3. The summed E-state index contributed by atoms with van der Waals surface area (Å²) in [6.07, 6.45) is 4.62. The molecule has 0 saturated carbocycles. The Hall–Kier alpha value is -2.19. The van der Waals surface area contributed by atoms with E-state index in [0.29, 0.717) is 17.2 Å². The molecule has 104 valence electrons. The molecule has 0 bridgehead atoms. The molecule has 0 fully saturated rings. The summed E-state index contributed by atoms with van der Waals surface area (Å²) in [4.78, 5) is 23.0. The first-order chi connectivity index (χ1) is 9.60. The van der Waals surface area contributed by atoms with Crippen LogP contribution in [0.25, 0.3) is 0 Å². The van der Waals surface area contributed by atoms with Crippen LogP contribution in [0.15, 0.2) is 18.2 Å². The van der Waals surface area contributed by atoms with Crippen molar-refractivity contribution in [2.75, 3.05) is 13.2 Å².